The molecule has 0 bridgehead atoms. The number of hydrogen-bond donors (Lipinski definition) is 1. The first-order chi connectivity index (χ1) is 9.11. The molecule has 1 unspecified atom stereocenters. The van der Waals surface area contributed by atoms with Crippen LogP contribution in [0.25, 0.3) is 0 Å². The maximum absolute atomic E-state index is 6.13. The lowest BCUT2D eigenvalue weighted by Crippen LogP contribution is -2.50. The average Bonchev–Trinajstić information content (AvgIpc) is 3.02. The van der Waals surface area contributed by atoms with E-state index in [2.05, 4.69) is 30.4 Å². The average molecular weight is 299 g/mol. The van der Waals surface area contributed by atoms with Crippen LogP contribution in [0.15, 0.2) is 6.07 Å². The Morgan fingerprint density at radius 3 is 2.84 bits per heavy atom. The van der Waals surface area contributed by atoms with Crippen LogP contribution in [-0.2, 0) is 6.42 Å². The van der Waals surface area contributed by atoms with Crippen LogP contribution in [0.1, 0.15) is 48.6 Å². The van der Waals surface area contributed by atoms with Crippen LogP contribution in [0, 0.1) is 0 Å². The van der Waals surface area contributed by atoms with Gasteiger partial charge in [-0.2, -0.15) is 0 Å². The SMILES string of the molecule is CN(C)C1(CNC2CCc3sc(Cl)cc32)CCCC1. The Bertz CT molecular complexity index is 449. The minimum atomic E-state index is 0.378. The van der Waals surface area contributed by atoms with E-state index >= 15 is 0 Å². The molecule has 1 heterocycles. The van der Waals surface area contributed by atoms with Crippen LogP contribution in [0.3, 0.4) is 0 Å². The second kappa shape index (κ2) is 5.36. The van der Waals surface area contributed by atoms with E-state index in [0.29, 0.717) is 11.6 Å². The van der Waals surface area contributed by atoms with Gasteiger partial charge in [-0.3, -0.25) is 0 Å². The Kier molecular flexibility index (Phi) is 3.91. The predicted molar refractivity (Wildman–Crippen MR) is 83.3 cm³/mol. The summed E-state index contributed by atoms with van der Waals surface area (Å²) >= 11 is 7.89. The highest BCUT2D eigenvalue weighted by Gasteiger charge is 2.37. The van der Waals surface area contributed by atoms with Gasteiger partial charge < -0.3 is 10.2 Å². The van der Waals surface area contributed by atoms with Crippen molar-refractivity contribution in [2.24, 2.45) is 0 Å². The van der Waals surface area contributed by atoms with Crippen molar-refractivity contribution in [2.45, 2.75) is 50.1 Å². The van der Waals surface area contributed by atoms with E-state index in [9.17, 15) is 0 Å². The van der Waals surface area contributed by atoms with E-state index in [4.69, 9.17) is 11.6 Å². The summed E-state index contributed by atoms with van der Waals surface area (Å²) < 4.78 is 0.944. The summed E-state index contributed by atoms with van der Waals surface area (Å²) in [5, 5.41) is 3.82. The molecule has 0 aromatic carbocycles. The summed E-state index contributed by atoms with van der Waals surface area (Å²) in [6, 6.07) is 2.69. The molecule has 2 aliphatic carbocycles. The third-order valence-electron chi connectivity index (χ3n) is 5.01. The van der Waals surface area contributed by atoms with Gasteiger partial charge >= 0.3 is 0 Å². The second-order valence-electron chi connectivity index (χ2n) is 6.23. The first kappa shape index (κ1) is 13.9. The summed E-state index contributed by atoms with van der Waals surface area (Å²) in [5.41, 5.74) is 1.84. The van der Waals surface area contributed by atoms with Crippen molar-refractivity contribution in [2.75, 3.05) is 20.6 Å². The van der Waals surface area contributed by atoms with Crippen LogP contribution in [0.5, 0.6) is 0 Å². The van der Waals surface area contributed by atoms with Crippen molar-refractivity contribution in [1.82, 2.24) is 10.2 Å². The van der Waals surface area contributed by atoms with Gasteiger partial charge in [-0.25, -0.2) is 0 Å². The molecule has 2 nitrogen and oxygen atoms in total. The fourth-order valence-corrected chi connectivity index (χ4v) is 5.03. The van der Waals surface area contributed by atoms with Crippen molar-refractivity contribution in [1.29, 1.82) is 0 Å². The van der Waals surface area contributed by atoms with E-state index in [1.54, 1.807) is 11.3 Å². The third-order valence-corrected chi connectivity index (χ3v) is 6.35. The number of rotatable bonds is 4. The molecule has 1 fully saturated rings. The highest BCUT2D eigenvalue weighted by atomic mass is 35.5. The van der Waals surface area contributed by atoms with Gasteiger partial charge in [-0.1, -0.05) is 24.4 Å². The highest BCUT2D eigenvalue weighted by Crippen LogP contribution is 2.40. The van der Waals surface area contributed by atoms with Gasteiger partial charge in [0.25, 0.3) is 0 Å². The fraction of sp³-hybridized carbons (Fsp3) is 0.733. The molecule has 1 aromatic rings. The normalized spacial score (nSPS) is 25.2. The summed E-state index contributed by atoms with van der Waals surface area (Å²) in [6.45, 7) is 1.11. The molecule has 1 N–H and O–H groups in total. The van der Waals surface area contributed by atoms with Crippen LogP contribution >= 0.6 is 22.9 Å². The first-order valence-electron chi connectivity index (χ1n) is 7.30. The smallest absolute Gasteiger partial charge is 0.0934 e. The zero-order valence-electron chi connectivity index (χ0n) is 11.8. The van der Waals surface area contributed by atoms with Gasteiger partial charge in [0.15, 0.2) is 0 Å². The number of halogens is 1. The van der Waals surface area contributed by atoms with E-state index in [1.807, 2.05) is 0 Å². The van der Waals surface area contributed by atoms with Gasteiger partial charge in [0.05, 0.1) is 4.34 Å². The van der Waals surface area contributed by atoms with E-state index in [1.165, 1.54) is 49.0 Å². The maximum atomic E-state index is 6.13. The van der Waals surface area contributed by atoms with Crippen LogP contribution in [0.4, 0.5) is 0 Å². The lowest BCUT2D eigenvalue weighted by atomic mass is 9.95. The Hall–Kier alpha value is -0.0900. The van der Waals surface area contributed by atoms with Gasteiger partial charge in [-0.05, 0) is 51.4 Å². The number of thiophene rings is 1. The molecule has 1 aromatic heterocycles. The molecule has 0 radical (unpaired) electrons. The van der Waals surface area contributed by atoms with Crippen molar-refractivity contribution in [3.8, 4) is 0 Å². The first-order valence-corrected chi connectivity index (χ1v) is 8.49. The lowest BCUT2D eigenvalue weighted by Gasteiger charge is -2.37. The van der Waals surface area contributed by atoms with Gasteiger partial charge in [0, 0.05) is 23.0 Å². The molecule has 106 valence electrons. The molecule has 1 atom stereocenters. The molecule has 0 spiro atoms. The summed E-state index contributed by atoms with van der Waals surface area (Å²) in [4.78, 5) is 3.93. The summed E-state index contributed by atoms with van der Waals surface area (Å²) in [7, 11) is 4.46. The van der Waals surface area contributed by atoms with Crippen LogP contribution in [-0.4, -0.2) is 31.1 Å². The quantitative estimate of drug-likeness (QED) is 0.908. The summed E-state index contributed by atoms with van der Waals surface area (Å²) in [5.74, 6) is 0. The predicted octanol–water partition coefficient (Wildman–Crippen LogP) is 3.85. The maximum Gasteiger partial charge on any atom is 0.0934 e. The zero-order valence-corrected chi connectivity index (χ0v) is 13.4. The van der Waals surface area contributed by atoms with Crippen LogP contribution < -0.4 is 5.32 Å². The topological polar surface area (TPSA) is 15.3 Å². The van der Waals surface area contributed by atoms with Gasteiger partial charge in [-0.15, -0.1) is 11.3 Å². The Labute approximate surface area is 125 Å². The number of aryl methyl sites for hydroxylation is 1. The van der Waals surface area contributed by atoms with E-state index in [0.717, 1.165) is 10.9 Å². The monoisotopic (exact) mass is 298 g/mol. The minimum Gasteiger partial charge on any atom is -0.308 e. The number of hydrogen-bond acceptors (Lipinski definition) is 3. The van der Waals surface area contributed by atoms with Crippen molar-refractivity contribution in [3.05, 3.63) is 20.8 Å². The van der Waals surface area contributed by atoms with Gasteiger partial charge in [0.2, 0.25) is 0 Å². The molecule has 4 heteroatoms. The zero-order chi connectivity index (χ0) is 13.5. The number of nitrogens with zero attached hydrogens (tertiary/aromatic N) is 1. The summed E-state index contributed by atoms with van der Waals surface area (Å²) in [6.07, 6.45) is 7.84. The molecule has 0 saturated heterocycles. The molecule has 0 aliphatic heterocycles. The largest absolute Gasteiger partial charge is 0.308 e. The van der Waals surface area contributed by atoms with Crippen molar-refractivity contribution < 1.29 is 0 Å². The van der Waals surface area contributed by atoms with Crippen molar-refractivity contribution in [3.63, 3.8) is 0 Å². The Balaban J connectivity index is 1.66. The number of nitrogens with one attached hydrogen (secondary N) is 1. The molecule has 3 rings (SSSR count). The molecular weight excluding hydrogens is 276 g/mol. The number of fused-ring (bicyclic) bond motifs is 1. The molecule has 19 heavy (non-hydrogen) atoms. The number of likely N-dealkylation sites (N-methyl/N-ethyl adjacent to an activating group) is 1. The van der Waals surface area contributed by atoms with Crippen molar-refractivity contribution >= 4 is 22.9 Å². The minimum absolute atomic E-state index is 0.378. The third kappa shape index (κ3) is 2.58. The molecule has 0 amide bonds. The molecular formula is C15H23ClN2S. The molecule has 1 saturated carbocycles. The van der Waals surface area contributed by atoms with Crippen LogP contribution in [0.2, 0.25) is 4.34 Å². The lowest BCUT2D eigenvalue weighted by molar-refractivity contribution is 0.149. The Morgan fingerprint density at radius 1 is 1.42 bits per heavy atom. The van der Waals surface area contributed by atoms with E-state index in [-0.39, 0.29) is 0 Å². The standard InChI is InChI=1S/C15H23ClN2S/c1-18(2)15(7-3-4-8-15)10-17-12-5-6-13-11(12)9-14(16)19-13/h9,12,17H,3-8,10H2,1-2H3. The highest BCUT2D eigenvalue weighted by molar-refractivity contribution is 7.16. The van der Waals surface area contributed by atoms with Gasteiger partial charge in [0.1, 0.15) is 0 Å². The molecule has 2 aliphatic rings. The second-order valence-corrected chi connectivity index (χ2v) is 8.00. The van der Waals surface area contributed by atoms with E-state index < -0.39 is 0 Å². The Morgan fingerprint density at radius 2 is 2.16 bits per heavy atom. The fourth-order valence-electron chi connectivity index (χ4n) is 3.67.